The molecule has 7 nitrogen and oxygen atoms in total. The molecule has 2 rings (SSSR count). The number of aromatic nitrogens is 2. The van der Waals surface area contributed by atoms with Crippen LogP contribution in [0.25, 0.3) is 0 Å². The quantitative estimate of drug-likeness (QED) is 0.775. The van der Waals surface area contributed by atoms with E-state index in [-0.39, 0.29) is 15.4 Å². The van der Waals surface area contributed by atoms with Crippen molar-refractivity contribution >= 4 is 32.4 Å². The van der Waals surface area contributed by atoms with Crippen molar-refractivity contribution in [2.24, 2.45) is 0 Å². The van der Waals surface area contributed by atoms with E-state index in [9.17, 15) is 13.2 Å². The molecule has 1 aromatic heterocycles. The number of benzene rings is 1. The van der Waals surface area contributed by atoms with E-state index >= 15 is 0 Å². The van der Waals surface area contributed by atoms with Crippen LogP contribution in [0.15, 0.2) is 34.7 Å². The van der Waals surface area contributed by atoms with Crippen molar-refractivity contribution in [3.05, 3.63) is 35.9 Å². The summed E-state index contributed by atoms with van der Waals surface area (Å²) in [5.74, 6) is -0.368. The molecule has 0 bridgehead atoms. The van der Waals surface area contributed by atoms with E-state index in [0.717, 1.165) is 11.3 Å². The van der Waals surface area contributed by atoms with Crippen molar-refractivity contribution in [3.8, 4) is 0 Å². The van der Waals surface area contributed by atoms with Crippen molar-refractivity contribution in [2.45, 2.75) is 37.1 Å². The van der Waals surface area contributed by atoms with Crippen LogP contribution < -0.4 is 10.0 Å². The number of carbonyl (C=O) groups excluding carboxylic acids is 1. The number of amides is 1. The Bertz CT molecular complexity index is 785. The van der Waals surface area contributed by atoms with E-state index in [1.165, 1.54) is 0 Å². The smallest absolute Gasteiger partial charge is 0.270 e. The third-order valence-electron chi connectivity index (χ3n) is 3.19. The van der Waals surface area contributed by atoms with Gasteiger partial charge in [-0.15, -0.1) is 10.2 Å². The lowest BCUT2D eigenvalue weighted by molar-refractivity contribution is 0.102. The van der Waals surface area contributed by atoms with E-state index in [1.54, 1.807) is 44.2 Å². The van der Waals surface area contributed by atoms with Gasteiger partial charge in [0.15, 0.2) is 0 Å². The first kappa shape index (κ1) is 17.5. The molecule has 0 spiro atoms. The molecule has 0 radical (unpaired) electrons. The third-order valence-corrected chi connectivity index (χ3v) is 6.09. The zero-order valence-corrected chi connectivity index (χ0v) is 14.7. The Morgan fingerprint density at radius 3 is 2.48 bits per heavy atom. The molecule has 2 N–H and O–H groups in total. The van der Waals surface area contributed by atoms with E-state index < -0.39 is 15.6 Å². The number of hydrogen-bond acceptors (Lipinski definition) is 6. The first-order valence-electron chi connectivity index (χ1n) is 6.97. The Labute approximate surface area is 139 Å². The van der Waals surface area contributed by atoms with Gasteiger partial charge in [0.1, 0.15) is 0 Å². The molecule has 1 heterocycles. The van der Waals surface area contributed by atoms with Crippen LogP contribution in [0.4, 0.5) is 5.13 Å². The summed E-state index contributed by atoms with van der Waals surface area (Å²) in [6.07, 6.45) is 0.628. The highest BCUT2D eigenvalue weighted by Gasteiger charge is 2.28. The standard InChI is InChI=1S/C14H18N4O3S2/c1-4-14(2,3)18-23(20,21)13-17-16-12(22-13)15-11(19)10-8-6-5-7-9-10/h5-9,18H,4H2,1-3H3,(H,15,16,19). The second-order valence-corrected chi connectivity index (χ2v) is 8.37. The summed E-state index contributed by atoms with van der Waals surface area (Å²) in [4.78, 5) is 12.0. The Morgan fingerprint density at radius 1 is 1.22 bits per heavy atom. The van der Waals surface area contributed by atoms with Crippen molar-refractivity contribution in [3.63, 3.8) is 0 Å². The minimum absolute atomic E-state index is 0.133. The molecule has 1 aromatic carbocycles. The van der Waals surface area contributed by atoms with Crippen LogP contribution in [0, 0.1) is 0 Å². The van der Waals surface area contributed by atoms with Gasteiger partial charge in [0.05, 0.1) is 0 Å². The van der Waals surface area contributed by atoms with Crippen LogP contribution >= 0.6 is 11.3 Å². The maximum atomic E-state index is 12.3. The van der Waals surface area contributed by atoms with Crippen LogP contribution in [0.3, 0.4) is 0 Å². The van der Waals surface area contributed by atoms with Crippen LogP contribution in [0.2, 0.25) is 0 Å². The molecule has 1 amide bonds. The summed E-state index contributed by atoms with van der Waals surface area (Å²) in [6.45, 7) is 5.45. The van der Waals surface area contributed by atoms with Gasteiger partial charge in [-0.3, -0.25) is 10.1 Å². The third kappa shape index (κ3) is 4.57. The molecule has 0 aliphatic heterocycles. The maximum Gasteiger partial charge on any atom is 0.270 e. The molecule has 0 fully saturated rings. The van der Waals surface area contributed by atoms with Gasteiger partial charge in [0.25, 0.3) is 15.9 Å². The molecule has 2 aromatic rings. The lowest BCUT2D eigenvalue weighted by Gasteiger charge is -2.22. The van der Waals surface area contributed by atoms with Crippen molar-refractivity contribution in [1.82, 2.24) is 14.9 Å². The SMILES string of the molecule is CCC(C)(C)NS(=O)(=O)c1nnc(NC(=O)c2ccccc2)s1. The molecule has 0 unspecified atom stereocenters. The molecule has 0 saturated heterocycles. The fourth-order valence-corrected chi connectivity index (χ4v) is 3.99. The average molecular weight is 354 g/mol. The lowest BCUT2D eigenvalue weighted by atomic mass is 10.0. The van der Waals surface area contributed by atoms with Crippen molar-refractivity contribution < 1.29 is 13.2 Å². The van der Waals surface area contributed by atoms with Gasteiger partial charge in [-0.2, -0.15) is 0 Å². The van der Waals surface area contributed by atoms with Crippen LogP contribution in [-0.2, 0) is 10.0 Å². The summed E-state index contributed by atoms with van der Waals surface area (Å²) in [7, 11) is -3.77. The van der Waals surface area contributed by atoms with E-state index in [0.29, 0.717) is 12.0 Å². The van der Waals surface area contributed by atoms with Gasteiger partial charge >= 0.3 is 0 Å². The Morgan fingerprint density at radius 2 is 1.87 bits per heavy atom. The molecular formula is C14H18N4O3S2. The van der Waals surface area contributed by atoms with Crippen LogP contribution in [0.1, 0.15) is 37.6 Å². The van der Waals surface area contributed by atoms with Gasteiger partial charge in [0, 0.05) is 11.1 Å². The number of nitrogens with one attached hydrogen (secondary N) is 2. The summed E-state index contributed by atoms with van der Waals surface area (Å²) in [5.41, 5.74) is -0.129. The number of rotatable bonds is 6. The Kier molecular flexibility index (Phi) is 5.12. The number of hydrogen-bond donors (Lipinski definition) is 2. The number of anilines is 1. The van der Waals surface area contributed by atoms with Gasteiger partial charge in [-0.05, 0) is 32.4 Å². The zero-order valence-electron chi connectivity index (χ0n) is 13.0. The summed E-state index contributed by atoms with van der Waals surface area (Å²) < 4.78 is 26.9. The average Bonchev–Trinajstić information content (AvgIpc) is 2.96. The maximum absolute atomic E-state index is 12.3. The minimum atomic E-state index is -3.77. The lowest BCUT2D eigenvalue weighted by Crippen LogP contribution is -2.42. The second kappa shape index (κ2) is 6.73. The van der Waals surface area contributed by atoms with Gasteiger partial charge in [-0.1, -0.05) is 36.5 Å². The highest BCUT2D eigenvalue weighted by atomic mass is 32.2. The molecule has 0 aliphatic carbocycles. The zero-order chi connectivity index (χ0) is 17.1. The first-order valence-corrected chi connectivity index (χ1v) is 9.27. The Hall–Kier alpha value is -1.84. The summed E-state index contributed by atoms with van der Waals surface area (Å²) in [5, 5.41) is 10.1. The fourth-order valence-electron chi connectivity index (χ4n) is 1.61. The topological polar surface area (TPSA) is 101 Å². The van der Waals surface area contributed by atoms with Gasteiger partial charge < -0.3 is 0 Å². The largest absolute Gasteiger partial charge is 0.296 e. The monoisotopic (exact) mass is 354 g/mol. The van der Waals surface area contributed by atoms with Crippen LogP contribution in [0.5, 0.6) is 0 Å². The van der Waals surface area contributed by atoms with Crippen molar-refractivity contribution in [2.75, 3.05) is 5.32 Å². The van der Waals surface area contributed by atoms with Gasteiger partial charge in [0.2, 0.25) is 9.47 Å². The molecule has 0 atom stereocenters. The van der Waals surface area contributed by atoms with E-state index in [2.05, 4.69) is 20.2 Å². The molecule has 9 heteroatoms. The Balaban J connectivity index is 2.13. The van der Waals surface area contributed by atoms with E-state index in [4.69, 9.17) is 0 Å². The predicted molar refractivity (Wildman–Crippen MR) is 89.0 cm³/mol. The summed E-state index contributed by atoms with van der Waals surface area (Å²) >= 11 is 0.809. The first-order chi connectivity index (χ1) is 10.7. The predicted octanol–water partition coefficient (Wildman–Crippen LogP) is 2.26. The molecule has 0 aliphatic rings. The fraction of sp³-hybridized carbons (Fsp3) is 0.357. The number of nitrogens with zero attached hydrogens (tertiary/aromatic N) is 2. The number of carbonyl (C=O) groups is 1. The van der Waals surface area contributed by atoms with E-state index in [1.807, 2.05) is 6.92 Å². The molecule has 23 heavy (non-hydrogen) atoms. The molecular weight excluding hydrogens is 336 g/mol. The normalized spacial score (nSPS) is 12.1. The minimum Gasteiger partial charge on any atom is -0.296 e. The molecule has 124 valence electrons. The van der Waals surface area contributed by atoms with Crippen LogP contribution in [-0.4, -0.2) is 30.1 Å². The number of sulfonamides is 1. The second-order valence-electron chi connectivity index (χ2n) is 5.54. The highest BCUT2D eigenvalue weighted by Crippen LogP contribution is 2.22. The summed E-state index contributed by atoms with van der Waals surface area (Å²) in [6, 6.07) is 8.58. The molecule has 0 saturated carbocycles. The highest BCUT2D eigenvalue weighted by molar-refractivity contribution is 7.91. The van der Waals surface area contributed by atoms with Gasteiger partial charge in [-0.25, -0.2) is 13.1 Å². The van der Waals surface area contributed by atoms with Crippen molar-refractivity contribution in [1.29, 1.82) is 0 Å².